The van der Waals surface area contributed by atoms with Gasteiger partial charge in [0.2, 0.25) is 0 Å². The smallest absolute Gasteiger partial charge is 0.422 e. The summed E-state index contributed by atoms with van der Waals surface area (Å²) < 4.78 is 39.4. The van der Waals surface area contributed by atoms with Crippen LogP contribution in [0.15, 0.2) is 22.9 Å². The van der Waals surface area contributed by atoms with Gasteiger partial charge in [-0.2, -0.15) is 13.2 Å². The number of hydrogen-bond donors (Lipinski definition) is 1. The van der Waals surface area contributed by atoms with Gasteiger partial charge in [0.15, 0.2) is 6.61 Å². The summed E-state index contributed by atoms with van der Waals surface area (Å²) in [6, 6.07) is 2.98. The minimum atomic E-state index is -4.54. The maximum atomic E-state index is 11.7. The summed E-state index contributed by atoms with van der Waals surface area (Å²) in [5.74, 6) is 0. The van der Waals surface area contributed by atoms with Crippen LogP contribution in [0.25, 0.3) is 0 Å². The number of carbonyl (C=O) groups excluding carboxylic acids is 1. The Balaban J connectivity index is 2.50. The van der Waals surface area contributed by atoms with Crippen molar-refractivity contribution >= 4 is 27.7 Å². The van der Waals surface area contributed by atoms with Crippen molar-refractivity contribution in [3.8, 4) is 0 Å². The van der Waals surface area contributed by atoms with Crippen LogP contribution in [-0.2, 0) is 4.74 Å². The molecule has 4 nitrogen and oxygen atoms in total. The first-order valence-electron chi connectivity index (χ1n) is 3.99. The van der Waals surface area contributed by atoms with Crippen LogP contribution >= 0.6 is 15.9 Å². The Kier molecular flexibility index (Phi) is 4.11. The van der Waals surface area contributed by atoms with Gasteiger partial charge in [-0.15, -0.1) is 0 Å². The van der Waals surface area contributed by atoms with Crippen LogP contribution in [0.4, 0.5) is 23.7 Å². The fourth-order valence-corrected chi connectivity index (χ4v) is 1.12. The highest BCUT2D eigenvalue weighted by atomic mass is 79.9. The second-order valence-corrected chi connectivity index (χ2v) is 3.41. The fraction of sp³-hybridized carbons (Fsp3) is 0.250. The fourth-order valence-electron chi connectivity index (χ4n) is 0.773. The van der Waals surface area contributed by atoms with E-state index in [1.807, 2.05) is 0 Å². The Labute approximate surface area is 96.9 Å². The molecule has 1 heterocycles. The van der Waals surface area contributed by atoms with E-state index in [2.05, 4.69) is 31.0 Å². The molecule has 0 saturated heterocycles. The third-order valence-electron chi connectivity index (χ3n) is 1.36. The van der Waals surface area contributed by atoms with Crippen molar-refractivity contribution < 1.29 is 22.7 Å². The minimum Gasteiger partial charge on any atom is -0.440 e. The highest BCUT2D eigenvalue weighted by Gasteiger charge is 2.29. The number of pyridine rings is 1. The SMILES string of the molecule is O=C(Nc1cccnc1Br)OCC(F)(F)F. The number of hydrogen-bond acceptors (Lipinski definition) is 3. The number of halogens is 4. The Morgan fingerprint density at radius 3 is 2.81 bits per heavy atom. The molecule has 88 valence electrons. The van der Waals surface area contributed by atoms with E-state index in [0.29, 0.717) is 4.60 Å². The van der Waals surface area contributed by atoms with Crippen molar-refractivity contribution in [2.45, 2.75) is 6.18 Å². The van der Waals surface area contributed by atoms with Gasteiger partial charge in [0, 0.05) is 6.20 Å². The van der Waals surface area contributed by atoms with Crippen LogP contribution in [0.5, 0.6) is 0 Å². The third kappa shape index (κ3) is 4.47. The van der Waals surface area contributed by atoms with E-state index in [1.165, 1.54) is 18.3 Å². The van der Waals surface area contributed by atoms with Gasteiger partial charge in [0.1, 0.15) is 4.60 Å². The first-order chi connectivity index (χ1) is 7.38. The zero-order valence-electron chi connectivity index (χ0n) is 7.71. The summed E-state index contributed by atoms with van der Waals surface area (Å²) in [5, 5.41) is 2.11. The number of alkyl halides is 3. The van der Waals surface area contributed by atoms with Gasteiger partial charge in [0.05, 0.1) is 5.69 Å². The van der Waals surface area contributed by atoms with Crippen molar-refractivity contribution in [3.05, 3.63) is 22.9 Å². The molecule has 1 aromatic heterocycles. The number of carbonyl (C=O) groups is 1. The Morgan fingerprint density at radius 1 is 1.56 bits per heavy atom. The molecule has 1 aromatic rings. The first kappa shape index (κ1) is 12.8. The third-order valence-corrected chi connectivity index (χ3v) is 1.99. The molecule has 0 radical (unpaired) electrons. The molecule has 0 aliphatic rings. The number of ether oxygens (including phenoxy) is 1. The summed E-state index contributed by atoms with van der Waals surface area (Å²) in [6.45, 7) is -1.63. The molecule has 0 saturated carbocycles. The molecule has 0 unspecified atom stereocenters. The molecule has 0 fully saturated rings. The molecule has 0 atom stereocenters. The lowest BCUT2D eigenvalue weighted by Crippen LogP contribution is -2.23. The first-order valence-corrected chi connectivity index (χ1v) is 4.79. The molecular formula is C8H6BrF3N2O2. The molecule has 1 rings (SSSR count). The van der Waals surface area contributed by atoms with Crippen LogP contribution in [-0.4, -0.2) is 23.9 Å². The van der Waals surface area contributed by atoms with Gasteiger partial charge in [-0.3, -0.25) is 5.32 Å². The predicted octanol–water partition coefficient (Wildman–Crippen LogP) is 2.95. The molecule has 8 heteroatoms. The van der Waals surface area contributed by atoms with Crippen LogP contribution < -0.4 is 5.32 Å². The lowest BCUT2D eigenvalue weighted by Gasteiger charge is -2.09. The summed E-state index contributed by atoms with van der Waals surface area (Å²) in [7, 11) is 0. The van der Waals surface area contributed by atoms with Crippen LogP contribution in [0.2, 0.25) is 0 Å². The van der Waals surface area contributed by atoms with Crippen molar-refractivity contribution in [2.75, 3.05) is 11.9 Å². The Bertz CT molecular complexity index is 384. The van der Waals surface area contributed by atoms with Crippen molar-refractivity contribution in [1.82, 2.24) is 4.98 Å². The molecular weight excluding hydrogens is 293 g/mol. The van der Waals surface area contributed by atoms with Crippen LogP contribution in [0, 0.1) is 0 Å². The van der Waals surface area contributed by atoms with E-state index < -0.39 is 18.9 Å². The molecule has 0 aliphatic carbocycles. The Hall–Kier alpha value is -1.31. The zero-order chi connectivity index (χ0) is 12.2. The maximum Gasteiger partial charge on any atom is 0.422 e. The van der Waals surface area contributed by atoms with Crippen molar-refractivity contribution in [1.29, 1.82) is 0 Å². The van der Waals surface area contributed by atoms with Gasteiger partial charge in [-0.1, -0.05) is 0 Å². The minimum absolute atomic E-state index is 0.231. The maximum absolute atomic E-state index is 11.7. The van der Waals surface area contributed by atoms with Crippen LogP contribution in [0.1, 0.15) is 0 Å². The van der Waals surface area contributed by atoms with Gasteiger partial charge in [0.25, 0.3) is 0 Å². The molecule has 16 heavy (non-hydrogen) atoms. The van der Waals surface area contributed by atoms with E-state index >= 15 is 0 Å². The average Bonchev–Trinajstić information content (AvgIpc) is 2.18. The normalized spacial score (nSPS) is 11.0. The quantitative estimate of drug-likeness (QED) is 0.854. The number of amides is 1. The molecule has 0 spiro atoms. The largest absolute Gasteiger partial charge is 0.440 e. The van der Waals surface area contributed by atoms with E-state index in [1.54, 1.807) is 0 Å². The van der Waals surface area contributed by atoms with Gasteiger partial charge in [-0.05, 0) is 28.1 Å². The highest BCUT2D eigenvalue weighted by Crippen LogP contribution is 2.19. The lowest BCUT2D eigenvalue weighted by molar-refractivity contribution is -0.159. The van der Waals surface area contributed by atoms with Crippen LogP contribution in [0.3, 0.4) is 0 Å². The zero-order valence-corrected chi connectivity index (χ0v) is 9.30. The number of rotatable bonds is 2. The van der Waals surface area contributed by atoms with Gasteiger partial charge in [-0.25, -0.2) is 9.78 Å². The summed E-state index contributed by atoms with van der Waals surface area (Å²) in [5.41, 5.74) is 0.231. The van der Waals surface area contributed by atoms with Crippen molar-refractivity contribution in [3.63, 3.8) is 0 Å². The van der Waals surface area contributed by atoms with E-state index in [4.69, 9.17) is 0 Å². The average molecular weight is 299 g/mol. The van der Waals surface area contributed by atoms with Gasteiger partial charge >= 0.3 is 12.3 Å². The topological polar surface area (TPSA) is 51.2 Å². The van der Waals surface area contributed by atoms with E-state index in [-0.39, 0.29) is 5.69 Å². The number of nitrogens with one attached hydrogen (secondary N) is 1. The molecule has 0 aromatic carbocycles. The van der Waals surface area contributed by atoms with E-state index in [0.717, 1.165) is 0 Å². The molecule has 1 N–H and O–H groups in total. The second-order valence-electron chi connectivity index (χ2n) is 2.66. The summed E-state index contributed by atoms with van der Waals surface area (Å²) in [6.07, 6.45) is -4.27. The number of anilines is 1. The molecule has 0 aliphatic heterocycles. The van der Waals surface area contributed by atoms with Crippen molar-refractivity contribution in [2.24, 2.45) is 0 Å². The molecule has 1 amide bonds. The number of nitrogens with zero attached hydrogens (tertiary/aromatic N) is 1. The summed E-state index contributed by atoms with van der Waals surface area (Å²) >= 11 is 3.01. The Morgan fingerprint density at radius 2 is 2.25 bits per heavy atom. The second kappa shape index (κ2) is 5.15. The highest BCUT2D eigenvalue weighted by molar-refractivity contribution is 9.10. The van der Waals surface area contributed by atoms with Gasteiger partial charge < -0.3 is 4.74 Å². The molecule has 0 bridgehead atoms. The van der Waals surface area contributed by atoms with E-state index in [9.17, 15) is 18.0 Å². The standard InChI is InChI=1S/C8H6BrF3N2O2/c9-6-5(2-1-3-13-6)14-7(15)16-4-8(10,11)12/h1-3H,4H2,(H,14,15). The summed E-state index contributed by atoms with van der Waals surface area (Å²) in [4.78, 5) is 14.7. The lowest BCUT2D eigenvalue weighted by atomic mass is 10.4. The predicted molar refractivity (Wildman–Crippen MR) is 53.0 cm³/mol. The monoisotopic (exact) mass is 298 g/mol. The number of aromatic nitrogens is 1.